The van der Waals surface area contributed by atoms with Crippen LogP contribution in [0.2, 0.25) is 0 Å². The average Bonchev–Trinajstić information content (AvgIpc) is 2.80. The summed E-state index contributed by atoms with van der Waals surface area (Å²) >= 11 is 0. The minimum absolute atomic E-state index is 0.0787. The molecule has 0 aromatic heterocycles. The molecule has 1 aliphatic rings. The SMILES string of the molecule is CCCNS(=O)(=O)c1cc(C(=O)N2C[C@H](C(=O)OC)Oc3ccccc32)ccc1OC. The average molecular weight is 448 g/mol. The third kappa shape index (κ3) is 4.64. The van der Waals surface area contributed by atoms with E-state index in [1.807, 2.05) is 6.92 Å². The molecule has 1 N–H and O–H groups in total. The number of methoxy groups -OCH3 is 2. The van der Waals surface area contributed by atoms with Gasteiger partial charge in [0, 0.05) is 12.1 Å². The van der Waals surface area contributed by atoms with Gasteiger partial charge in [0.1, 0.15) is 16.4 Å². The lowest BCUT2D eigenvalue weighted by Gasteiger charge is -2.33. The van der Waals surface area contributed by atoms with Gasteiger partial charge in [-0.15, -0.1) is 0 Å². The van der Waals surface area contributed by atoms with Gasteiger partial charge >= 0.3 is 5.97 Å². The van der Waals surface area contributed by atoms with Crippen LogP contribution in [-0.2, 0) is 19.6 Å². The van der Waals surface area contributed by atoms with Crippen LogP contribution in [-0.4, -0.2) is 53.7 Å². The quantitative estimate of drug-likeness (QED) is 0.645. The van der Waals surface area contributed by atoms with Crippen molar-refractivity contribution in [2.45, 2.75) is 24.3 Å². The Kier molecular flexibility index (Phi) is 6.81. The highest BCUT2D eigenvalue weighted by atomic mass is 32.2. The molecule has 0 saturated carbocycles. The van der Waals surface area contributed by atoms with E-state index in [1.165, 1.54) is 37.3 Å². The number of fused-ring (bicyclic) bond motifs is 1. The summed E-state index contributed by atoms with van der Waals surface area (Å²) in [5.74, 6) is -0.633. The van der Waals surface area contributed by atoms with Gasteiger partial charge < -0.3 is 19.1 Å². The van der Waals surface area contributed by atoms with Gasteiger partial charge in [-0.05, 0) is 36.8 Å². The maximum Gasteiger partial charge on any atom is 0.348 e. The molecule has 2 aromatic carbocycles. The zero-order chi connectivity index (χ0) is 22.6. The molecule has 0 unspecified atom stereocenters. The Morgan fingerprint density at radius 1 is 1.19 bits per heavy atom. The first-order valence-electron chi connectivity index (χ1n) is 9.65. The largest absolute Gasteiger partial charge is 0.495 e. The molecular formula is C21H24N2O7S. The third-order valence-electron chi connectivity index (χ3n) is 4.73. The van der Waals surface area contributed by atoms with Crippen molar-refractivity contribution in [3.63, 3.8) is 0 Å². The van der Waals surface area contributed by atoms with Gasteiger partial charge in [0.15, 0.2) is 0 Å². The summed E-state index contributed by atoms with van der Waals surface area (Å²) in [6, 6.07) is 11.0. The van der Waals surface area contributed by atoms with Crippen LogP contribution in [0.15, 0.2) is 47.4 Å². The minimum Gasteiger partial charge on any atom is -0.495 e. The van der Waals surface area contributed by atoms with E-state index in [0.29, 0.717) is 17.9 Å². The highest BCUT2D eigenvalue weighted by molar-refractivity contribution is 7.89. The van der Waals surface area contributed by atoms with Crippen LogP contribution >= 0.6 is 0 Å². The number of carbonyl (C=O) groups excluding carboxylic acids is 2. The number of benzene rings is 2. The predicted molar refractivity (Wildman–Crippen MR) is 113 cm³/mol. The molecule has 166 valence electrons. The number of amides is 1. The number of sulfonamides is 1. The van der Waals surface area contributed by atoms with Crippen molar-refractivity contribution in [2.24, 2.45) is 0 Å². The highest BCUT2D eigenvalue weighted by Gasteiger charge is 2.35. The molecule has 31 heavy (non-hydrogen) atoms. The molecule has 1 heterocycles. The Morgan fingerprint density at radius 2 is 1.94 bits per heavy atom. The second-order valence-electron chi connectivity index (χ2n) is 6.78. The van der Waals surface area contributed by atoms with Crippen LogP contribution < -0.4 is 19.1 Å². The maximum absolute atomic E-state index is 13.4. The van der Waals surface area contributed by atoms with Gasteiger partial charge in [-0.25, -0.2) is 17.9 Å². The van der Waals surface area contributed by atoms with Crippen molar-refractivity contribution in [1.82, 2.24) is 4.72 Å². The fraction of sp³-hybridized carbons (Fsp3) is 0.333. The van der Waals surface area contributed by atoms with Crippen LogP contribution in [0.4, 0.5) is 5.69 Å². The van der Waals surface area contributed by atoms with Crippen molar-refractivity contribution < 1.29 is 32.2 Å². The Bertz CT molecular complexity index is 1080. The fourth-order valence-electron chi connectivity index (χ4n) is 3.17. The number of nitrogens with zero attached hydrogens (tertiary/aromatic N) is 1. The molecule has 0 saturated heterocycles. The van der Waals surface area contributed by atoms with Gasteiger partial charge in [0.2, 0.25) is 16.1 Å². The van der Waals surface area contributed by atoms with Crippen molar-refractivity contribution in [1.29, 1.82) is 0 Å². The Hall–Kier alpha value is -3.11. The number of hydrogen-bond donors (Lipinski definition) is 1. The van der Waals surface area contributed by atoms with Gasteiger partial charge in [-0.1, -0.05) is 19.1 Å². The lowest BCUT2D eigenvalue weighted by atomic mass is 10.1. The van der Waals surface area contributed by atoms with Gasteiger partial charge in [0.05, 0.1) is 26.5 Å². The number of para-hydroxylation sites is 2. The Labute approximate surface area is 181 Å². The van der Waals surface area contributed by atoms with E-state index >= 15 is 0 Å². The van der Waals surface area contributed by atoms with E-state index in [2.05, 4.69) is 4.72 Å². The van der Waals surface area contributed by atoms with Crippen molar-refractivity contribution in [3.05, 3.63) is 48.0 Å². The molecular weight excluding hydrogens is 424 g/mol. The molecule has 3 rings (SSSR count). The topological polar surface area (TPSA) is 111 Å². The van der Waals surface area contributed by atoms with Crippen molar-refractivity contribution >= 4 is 27.6 Å². The van der Waals surface area contributed by atoms with Crippen LogP contribution in [0.5, 0.6) is 11.5 Å². The lowest BCUT2D eigenvalue weighted by Crippen LogP contribution is -2.47. The van der Waals surface area contributed by atoms with E-state index in [0.717, 1.165) is 0 Å². The van der Waals surface area contributed by atoms with E-state index in [-0.39, 0.29) is 29.3 Å². The van der Waals surface area contributed by atoms with E-state index in [9.17, 15) is 18.0 Å². The van der Waals surface area contributed by atoms with Crippen molar-refractivity contribution in [3.8, 4) is 11.5 Å². The first kappa shape index (κ1) is 22.6. The summed E-state index contributed by atoms with van der Waals surface area (Å²) in [7, 11) is -1.29. The van der Waals surface area contributed by atoms with Crippen LogP contribution in [0, 0.1) is 0 Å². The summed E-state index contributed by atoms with van der Waals surface area (Å²) in [4.78, 5) is 26.7. The Balaban J connectivity index is 2.02. The van der Waals surface area contributed by atoms with E-state index in [1.54, 1.807) is 24.3 Å². The number of hydrogen-bond acceptors (Lipinski definition) is 7. The second kappa shape index (κ2) is 9.36. The number of esters is 1. The fourth-order valence-corrected chi connectivity index (χ4v) is 4.50. The molecule has 1 amide bonds. The number of anilines is 1. The molecule has 1 aliphatic heterocycles. The summed E-state index contributed by atoms with van der Waals surface area (Å²) in [6.07, 6.45) is -0.392. The highest BCUT2D eigenvalue weighted by Crippen LogP contribution is 2.35. The van der Waals surface area contributed by atoms with Gasteiger partial charge in [0.25, 0.3) is 5.91 Å². The molecule has 2 aromatic rings. The van der Waals surface area contributed by atoms with Crippen LogP contribution in [0.25, 0.3) is 0 Å². The zero-order valence-corrected chi connectivity index (χ0v) is 18.3. The third-order valence-corrected chi connectivity index (χ3v) is 6.21. The molecule has 0 radical (unpaired) electrons. The predicted octanol–water partition coefficient (Wildman–Crippen LogP) is 1.96. The van der Waals surface area contributed by atoms with Crippen molar-refractivity contribution in [2.75, 3.05) is 32.2 Å². The first-order chi connectivity index (χ1) is 14.8. The number of carbonyl (C=O) groups is 2. The molecule has 0 aliphatic carbocycles. The van der Waals surface area contributed by atoms with E-state index in [4.69, 9.17) is 14.2 Å². The normalized spacial score (nSPS) is 15.6. The molecule has 9 nitrogen and oxygen atoms in total. The van der Waals surface area contributed by atoms with Crippen LogP contribution in [0.3, 0.4) is 0 Å². The summed E-state index contributed by atoms with van der Waals surface area (Å²) in [6.45, 7) is 2.01. The summed E-state index contributed by atoms with van der Waals surface area (Å²) in [5, 5.41) is 0. The molecule has 0 spiro atoms. The summed E-state index contributed by atoms with van der Waals surface area (Å²) in [5.41, 5.74) is 0.593. The lowest BCUT2D eigenvalue weighted by molar-refractivity contribution is -0.148. The zero-order valence-electron chi connectivity index (χ0n) is 17.5. The molecule has 0 fully saturated rings. The first-order valence-corrected chi connectivity index (χ1v) is 11.1. The number of ether oxygens (including phenoxy) is 3. The smallest absolute Gasteiger partial charge is 0.348 e. The number of rotatable bonds is 7. The number of nitrogens with one attached hydrogen (secondary N) is 1. The molecule has 10 heteroatoms. The maximum atomic E-state index is 13.4. The van der Waals surface area contributed by atoms with Gasteiger partial charge in [-0.2, -0.15) is 0 Å². The van der Waals surface area contributed by atoms with E-state index < -0.39 is 28.0 Å². The van der Waals surface area contributed by atoms with Crippen LogP contribution in [0.1, 0.15) is 23.7 Å². The minimum atomic E-state index is -3.89. The van der Waals surface area contributed by atoms with Gasteiger partial charge in [-0.3, -0.25) is 4.79 Å². The standard InChI is InChI=1S/C21H24N2O7S/c1-4-11-22-31(26,27)19-12-14(9-10-17(19)28-2)20(24)23-13-18(21(25)29-3)30-16-8-6-5-7-15(16)23/h5-10,12,18,22H,4,11,13H2,1-3H3/t18-/m1/s1. The summed E-state index contributed by atoms with van der Waals surface area (Å²) < 4.78 is 43.5. The Morgan fingerprint density at radius 3 is 2.61 bits per heavy atom. The molecule has 0 bridgehead atoms. The second-order valence-corrected chi connectivity index (χ2v) is 8.51. The monoisotopic (exact) mass is 448 g/mol. The molecule has 1 atom stereocenters.